The highest BCUT2D eigenvalue weighted by Gasteiger charge is 2.08. The Morgan fingerprint density at radius 1 is 1.14 bits per heavy atom. The van der Waals surface area contributed by atoms with E-state index < -0.39 is 11.9 Å². The fourth-order valence-electron chi connectivity index (χ4n) is 1.09. The van der Waals surface area contributed by atoms with Crippen molar-refractivity contribution in [2.45, 2.75) is 13.8 Å². The zero-order valence-electron chi connectivity index (χ0n) is 11.9. The third-order valence-corrected chi connectivity index (χ3v) is 1.97. The summed E-state index contributed by atoms with van der Waals surface area (Å²) in [5.41, 5.74) is -0.170. The molecule has 0 saturated carbocycles. The SMILES string of the molecule is [C-]#[N+]/C(=C/C=C/C=C/C(=C=N)C(=O)OCC)C(=O)OCC. The summed E-state index contributed by atoms with van der Waals surface area (Å²) in [5, 5.41) is 6.97. The lowest BCUT2D eigenvalue weighted by molar-refractivity contribution is -0.138. The molecule has 0 unspecified atom stereocenters. The molecule has 110 valence electrons. The van der Waals surface area contributed by atoms with E-state index in [0.29, 0.717) is 0 Å². The Labute approximate surface area is 123 Å². The first-order chi connectivity index (χ1) is 10.1. The lowest BCUT2D eigenvalue weighted by Crippen LogP contribution is -2.06. The molecule has 6 nitrogen and oxygen atoms in total. The Balaban J connectivity index is 4.73. The molecule has 0 amide bonds. The molecule has 0 aromatic carbocycles. The molecule has 0 aliphatic carbocycles. The summed E-state index contributed by atoms with van der Waals surface area (Å²) >= 11 is 0. The van der Waals surface area contributed by atoms with Crippen LogP contribution in [0.1, 0.15) is 13.8 Å². The van der Waals surface area contributed by atoms with Crippen LogP contribution in [0.2, 0.25) is 0 Å². The monoisotopic (exact) mass is 288 g/mol. The molecule has 0 aromatic rings. The van der Waals surface area contributed by atoms with Crippen molar-refractivity contribution in [3.8, 4) is 0 Å². The Morgan fingerprint density at radius 3 is 2.29 bits per heavy atom. The van der Waals surface area contributed by atoms with Crippen molar-refractivity contribution in [1.82, 2.24) is 0 Å². The van der Waals surface area contributed by atoms with E-state index in [-0.39, 0.29) is 24.5 Å². The highest BCUT2D eigenvalue weighted by Crippen LogP contribution is 2.01. The second-order valence-electron chi connectivity index (χ2n) is 3.39. The summed E-state index contributed by atoms with van der Waals surface area (Å²) in [4.78, 5) is 25.7. The van der Waals surface area contributed by atoms with Crippen molar-refractivity contribution in [1.29, 1.82) is 5.41 Å². The molecule has 0 atom stereocenters. The van der Waals surface area contributed by atoms with Gasteiger partial charge >= 0.3 is 11.9 Å². The molecule has 0 radical (unpaired) electrons. The van der Waals surface area contributed by atoms with Gasteiger partial charge in [0.05, 0.1) is 19.8 Å². The van der Waals surface area contributed by atoms with Gasteiger partial charge < -0.3 is 9.47 Å². The number of hydrogen-bond donors (Lipinski definition) is 1. The molecule has 0 spiro atoms. The molecule has 21 heavy (non-hydrogen) atoms. The topological polar surface area (TPSA) is 80.8 Å². The first-order valence-corrected chi connectivity index (χ1v) is 6.17. The standard InChI is InChI=1S/C15H16N2O4/c1-4-20-14(18)12(11-16)9-7-6-8-10-13(17-3)15(19)21-5-2/h6-10,16H,4-5H2,1-2H3/b8-6+,9-7+,13-10+. The predicted octanol–water partition coefficient (Wildman–Crippen LogP) is 2.20. The fraction of sp³-hybridized carbons (Fsp3) is 0.267. The Morgan fingerprint density at radius 2 is 1.76 bits per heavy atom. The van der Waals surface area contributed by atoms with E-state index in [1.165, 1.54) is 30.4 Å². The van der Waals surface area contributed by atoms with Crippen LogP contribution >= 0.6 is 0 Å². The number of allylic oxidation sites excluding steroid dienone is 4. The minimum absolute atomic E-state index is 0.0266. The van der Waals surface area contributed by atoms with E-state index in [4.69, 9.17) is 21.5 Å². The lowest BCUT2D eigenvalue weighted by Gasteiger charge is -1.98. The molecule has 1 N–H and O–H groups in total. The van der Waals surface area contributed by atoms with Crippen LogP contribution in [0.4, 0.5) is 0 Å². The second kappa shape index (κ2) is 11.0. The van der Waals surface area contributed by atoms with Crippen molar-refractivity contribution in [3.05, 3.63) is 53.1 Å². The quantitative estimate of drug-likeness (QED) is 0.256. The Kier molecular flexibility index (Phi) is 9.46. The van der Waals surface area contributed by atoms with Crippen molar-refractivity contribution in [2.24, 2.45) is 0 Å². The third-order valence-electron chi connectivity index (χ3n) is 1.97. The first kappa shape index (κ1) is 18.1. The van der Waals surface area contributed by atoms with Gasteiger partial charge in [0.2, 0.25) is 0 Å². The van der Waals surface area contributed by atoms with Crippen LogP contribution in [0.3, 0.4) is 0 Å². The maximum Gasteiger partial charge on any atom is 0.347 e. The summed E-state index contributed by atoms with van der Waals surface area (Å²) in [5.74, 6) is 0.641. The predicted molar refractivity (Wildman–Crippen MR) is 77.5 cm³/mol. The van der Waals surface area contributed by atoms with Gasteiger partial charge in [-0.25, -0.2) is 9.64 Å². The summed E-state index contributed by atoms with van der Waals surface area (Å²) in [6.45, 7) is 10.6. The minimum atomic E-state index is -0.687. The second-order valence-corrected chi connectivity index (χ2v) is 3.39. The van der Waals surface area contributed by atoms with Crippen LogP contribution in [0, 0.1) is 12.0 Å². The van der Waals surface area contributed by atoms with E-state index in [9.17, 15) is 9.59 Å². The third kappa shape index (κ3) is 7.31. The van der Waals surface area contributed by atoms with Crippen LogP contribution in [-0.4, -0.2) is 31.0 Å². The maximum absolute atomic E-state index is 11.3. The summed E-state index contributed by atoms with van der Waals surface area (Å²) in [6.07, 6.45) is 7.07. The van der Waals surface area contributed by atoms with E-state index in [1.54, 1.807) is 13.8 Å². The van der Waals surface area contributed by atoms with Gasteiger partial charge in [-0.1, -0.05) is 18.2 Å². The molecule has 0 saturated heterocycles. The summed E-state index contributed by atoms with van der Waals surface area (Å²) in [7, 11) is 0. The summed E-state index contributed by atoms with van der Waals surface area (Å²) < 4.78 is 9.41. The van der Waals surface area contributed by atoms with Gasteiger partial charge in [0.25, 0.3) is 5.70 Å². The number of carbonyl (C=O) groups excluding carboxylic acids is 2. The molecule has 0 aliphatic heterocycles. The van der Waals surface area contributed by atoms with Gasteiger partial charge in [-0.3, -0.25) is 10.2 Å². The molecule has 6 heteroatoms. The molecule has 0 bridgehead atoms. The zero-order chi connectivity index (χ0) is 16.1. The molecule has 0 heterocycles. The first-order valence-electron chi connectivity index (χ1n) is 6.17. The van der Waals surface area contributed by atoms with E-state index in [0.717, 1.165) is 0 Å². The van der Waals surface area contributed by atoms with E-state index in [2.05, 4.69) is 4.85 Å². The number of hydrogen-bond acceptors (Lipinski definition) is 5. The average molecular weight is 288 g/mol. The molecular weight excluding hydrogens is 272 g/mol. The van der Waals surface area contributed by atoms with Crippen molar-refractivity contribution in [3.63, 3.8) is 0 Å². The van der Waals surface area contributed by atoms with Gasteiger partial charge in [-0.15, -0.1) is 0 Å². The van der Waals surface area contributed by atoms with Gasteiger partial charge in [-0.2, -0.15) is 0 Å². The zero-order valence-corrected chi connectivity index (χ0v) is 11.9. The van der Waals surface area contributed by atoms with Crippen LogP contribution < -0.4 is 0 Å². The molecule has 0 fully saturated rings. The average Bonchev–Trinajstić information content (AvgIpc) is 2.47. The number of ether oxygens (including phenoxy) is 2. The van der Waals surface area contributed by atoms with Gasteiger partial charge in [0, 0.05) is 0 Å². The highest BCUT2D eigenvalue weighted by molar-refractivity contribution is 6.00. The highest BCUT2D eigenvalue weighted by atomic mass is 16.5. The minimum Gasteiger partial charge on any atom is -0.471 e. The summed E-state index contributed by atoms with van der Waals surface area (Å²) in [6, 6.07) is 0. The van der Waals surface area contributed by atoms with Crippen LogP contribution in [0.25, 0.3) is 4.85 Å². The van der Waals surface area contributed by atoms with E-state index >= 15 is 0 Å². The lowest BCUT2D eigenvalue weighted by atomic mass is 10.2. The smallest absolute Gasteiger partial charge is 0.347 e. The van der Waals surface area contributed by atoms with Gasteiger partial charge in [0.15, 0.2) is 0 Å². The molecule has 0 aromatic heterocycles. The molecule has 0 aliphatic rings. The van der Waals surface area contributed by atoms with E-state index in [1.807, 2.05) is 5.87 Å². The normalized spacial score (nSPS) is 11.0. The maximum atomic E-state index is 11.3. The molecular formula is C15H16N2O4. The largest absolute Gasteiger partial charge is 0.471 e. The number of nitrogens with zero attached hydrogens (tertiary/aromatic N) is 1. The van der Waals surface area contributed by atoms with Crippen molar-refractivity contribution >= 4 is 17.8 Å². The fourth-order valence-corrected chi connectivity index (χ4v) is 1.09. The van der Waals surface area contributed by atoms with Crippen LogP contribution in [-0.2, 0) is 19.1 Å². The Bertz CT molecular complexity index is 559. The van der Waals surface area contributed by atoms with Gasteiger partial charge in [0.1, 0.15) is 5.57 Å². The number of rotatable bonds is 7. The van der Waals surface area contributed by atoms with Crippen molar-refractivity contribution in [2.75, 3.05) is 13.2 Å². The number of carbonyl (C=O) groups is 2. The van der Waals surface area contributed by atoms with Crippen molar-refractivity contribution < 1.29 is 19.1 Å². The van der Waals surface area contributed by atoms with Gasteiger partial charge in [-0.05, 0) is 31.9 Å². The number of nitrogens with one attached hydrogen (secondary N) is 1. The molecule has 0 rings (SSSR count). The van der Waals surface area contributed by atoms with Crippen LogP contribution in [0.5, 0.6) is 0 Å². The number of esters is 2. The van der Waals surface area contributed by atoms with Crippen LogP contribution in [0.15, 0.2) is 41.7 Å². The Hall–Kier alpha value is -2.90.